The van der Waals surface area contributed by atoms with E-state index in [1.54, 1.807) is 12.1 Å². The van der Waals surface area contributed by atoms with Crippen molar-refractivity contribution in [1.82, 2.24) is 19.9 Å². The Labute approximate surface area is 170 Å². The second kappa shape index (κ2) is 8.35. The Morgan fingerprint density at radius 2 is 1.77 bits per heavy atom. The smallest absolute Gasteiger partial charge is 0.235 e. The van der Waals surface area contributed by atoms with Gasteiger partial charge in [-0.25, -0.2) is 4.98 Å². The van der Waals surface area contributed by atoms with Crippen molar-refractivity contribution in [2.45, 2.75) is 13.8 Å². The minimum absolute atomic E-state index is 0.130. The summed E-state index contributed by atoms with van der Waals surface area (Å²) < 4.78 is 0. The molecule has 1 N–H and O–H groups in total. The number of anilines is 3. The van der Waals surface area contributed by atoms with E-state index in [-0.39, 0.29) is 5.28 Å². The molecule has 1 aromatic carbocycles. The van der Waals surface area contributed by atoms with Crippen molar-refractivity contribution in [2.75, 3.05) is 23.3 Å². The second-order valence-corrected chi connectivity index (χ2v) is 7.20. The van der Waals surface area contributed by atoms with Crippen molar-refractivity contribution in [2.24, 2.45) is 0 Å². The van der Waals surface area contributed by atoms with Crippen molar-refractivity contribution in [3.05, 3.63) is 38.9 Å². The van der Waals surface area contributed by atoms with Crippen LogP contribution in [0.15, 0.2) is 23.6 Å². The number of aromatic nitrogens is 4. The predicted octanol–water partition coefficient (Wildman–Crippen LogP) is 5.55. The maximum Gasteiger partial charge on any atom is 0.235 e. The van der Waals surface area contributed by atoms with Crippen LogP contribution in [0, 0.1) is 0 Å². The number of hydrogen-bond donors (Lipinski definition) is 1. The first-order valence-electron chi connectivity index (χ1n) is 7.84. The molecule has 0 saturated carbocycles. The lowest BCUT2D eigenvalue weighted by Gasteiger charge is -2.18. The van der Waals surface area contributed by atoms with Crippen molar-refractivity contribution in [1.29, 1.82) is 0 Å². The molecule has 0 aliphatic heterocycles. The first kappa shape index (κ1) is 19.1. The lowest BCUT2D eigenvalue weighted by molar-refractivity contribution is 0.813. The number of nitrogens with zero attached hydrogens (tertiary/aromatic N) is 5. The van der Waals surface area contributed by atoms with Gasteiger partial charge in [0.15, 0.2) is 5.13 Å². The topological polar surface area (TPSA) is 66.8 Å². The van der Waals surface area contributed by atoms with Gasteiger partial charge in [-0.05, 0) is 37.6 Å². The maximum atomic E-state index is 6.07. The minimum Gasteiger partial charge on any atom is -0.341 e. The van der Waals surface area contributed by atoms with Crippen LogP contribution in [0.3, 0.4) is 0 Å². The van der Waals surface area contributed by atoms with Gasteiger partial charge in [0.25, 0.3) is 0 Å². The van der Waals surface area contributed by atoms with E-state index in [9.17, 15) is 0 Å². The summed E-state index contributed by atoms with van der Waals surface area (Å²) in [5.41, 5.74) is 1.65. The molecular weight excluding hydrogens is 415 g/mol. The lowest BCUT2D eigenvalue weighted by atomic mass is 10.2. The fourth-order valence-electron chi connectivity index (χ4n) is 2.26. The molecule has 0 amide bonds. The highest BCUT2D eigenvalue weighted by molar-refractivity contribution is 7.14. The number of nitrogens with one attached hydrogen (secondary N) is 1. The number of thiazole rings is 1. The summed E-state index contributed by atoms with van der Waals surface area (Å²) in [6.07, 6.45) is 0. The molecule has 3 aromatic rings. The molecule has 10 heteroatoms. The second-order valence-electron chi connectivity index (χ2n) is 5.19. The van der Waals surface area contributed by atoms with Gasteiger partial charge in [-0.2, -0.15) is 15.0 Å². The Morgan fingerprint density at radius 3 is 2.46 bits per heavy atom. The standard InChI is InChI=1S/C16H15Cl3N6S/c1-3-25(4-2)15-22-13(19)21-14(23-15)24-16-20-12(8-26-16)9-5-6-10(17)11(18)7-9/h5-8H,3-4H2,1-2H3,(H,20,21,22,23,24). The molecule has 26 heavy (non-hydrogen) atoms. The average Bonchev–Trinajstić information content (AvgIpc) is 3.06. The maximum absolute atomic E-state index is 6.07. The monoisotopic (exact) mass is 428 g/mol. The Balaban J connectivity index is 1.84. The molecule has 2 aromatic heterocycles. The van der Waals surface area contributed by atoms with Gasteiger partial charge in [-0.3, -0.25) is 5.32 Å². The van der Waals surface area contributed by atoms with E-state index in [1.165, 1.54) is 11.3 Å². The lowest BCUT2D eigenvalue weighted by Crippen LogP contribution is -2.24. The van der Waals surface area contributed by atoms with Gasteiger partial charge in [0.2, 0.25) is 17.2 Å². The molecule has 6 nitrogen and oxygen atoms in total. The van der Waals surface area contributed by atoms with Crippen molar-refractivity contribution < 1.29 is 0 Å². The average molecular weight is 430 g/mol. The van der Waals surface area contributed by atoms with Gasteiger partial charge < -0.3 is 4.90 Å². The normalized spacial score (nSPS) is 10.8. The zero-order valence-corrected chi connectivity index (χ0v) is 17.1. The van der Waals surface area contributed by atoms with Crippen LogP contribution in [0.2, 0.25) is 15.3 Å². The SMILES string of the molecule is CCN(CC)c1nc(Cl)nc(Nc2nc(-c3ccc(Cl)c(Cl)c3)cs2)n1. The quantitative estimate of drug-likeness (QED) is 0.554. The third-order valence-electron chi connectivity index (χ3n) is 3.58. The van der Waals surface area contributed by atoms with Crippen LogP contribution in [0.5, 0.6) is 0 Å². The molecule has 0 fully saturated rings. The van der Waals surface area contributed by atoms with Gasteiger partial charge in [-0.1, -0.05) is 29.3 Å². The molecule has 3 rings (SSSR count). The predicted molar refractivity (Wildman–Crippen MR) is 109 cm³/mol. The first-order chi connectivity index (χ1) is 12.5. The molecule has 0 unspecified atom stereocenters. The fraction of sp³-hybridized carbons (Fsp3) is 0.250. The molecule has 0 aliphatic carbocycles. The highest BCUT2D eigenvalue weighted by Crippen LogP contribution is 2.31. The first-order valence-corrected chi connectivity index (χ1v) is 9.86. The minimum atomic E-state index is 0.130. The highest BCUT2D eigenvalue weighted by Gasteiger charge is 2.12. The number of halogens is 3. The Kier molecular flexibility index (Phi) is 6.13. The van der Waals surface area contributed by atoms with Crippen molar-refractivity contribution >= 4 is 63.2 Å². The Bertz CT molecular complexity index is 913. The summed E-state index contributed by atoms with van der Waals surface area (Å²) in [6, 6.07) is 5.39. The highest BCUT2D eigenvalue weighted by atomic mass is 35.5. The molecule has 0 aliphatic rings. The zero-order valence-electron chi connectivity index (χ0n) is 14.0. The van der Waals surface area contributed by atoms with Crippen LogP contribution in [0.1, 0.15) is 13.8 Å². The van der Waals surface area contributed by atoms with E-state index in [1.807, 2.05) is 30.2 Å². The van der Waals surface area contributed by atoms with Crippen LogP contribution in [-0.2, 0) is 0 Å². The summed E-state index contributed by atoms with van der Waals surface area (Å²) >= 11 is 19.5. The van der Waals surface area contributed by atoms with Crippen LogP contribution in [0.25, 0.3) is 11.3 Å². The largest absolute Gasteiger partial charge is 0.341 e. The fourth-order valence-corrected chi connectivity index (χ4v) is 3.43. The van der Waals surface area contributed by atoms with E-state index in [0.29, 0.717) is 27.1 Å². The van der Waals surface area contributed by atoms with Crippen LogP contribution in [0.4, 0.5) is 17.0 Å². The van der Waals surface area contributed by atoms with Crippen LogP contribution >= 0.6 is 46.1 Å². The Hall–Kier alpha value is -1.67. The van der Waals surface area contributed by atoms with Gasteiger partial charge in [0, 0.05) is 24.0 Å². The van der Waals surface area contributed by atoms with Gasteiger partial charge in [0.05, 0.1) is 15.7 Å². The molecule has 136 valence electrons. The van der Waals surface area contributed by atoms with Crippen LogP contribution in [-0.4, -0.2) is 33.0 Å². The number of benzene rings is 1. The summed E-state index contributed by atoms with van der Waals surface area (Å²) in [4.78, 5) is 19.2. The van der Waals surface area contributed by atoms with Gasteiger partial charge in [0.1, 0.15) is 0 Å². The number of rotatable bonds is 6. The third kappa shape index (κ3) is 4.35. The number of hydrogen-bond acceptors (Lipinski definition) is 7. The summed E-state index contributed by atoms with van der Waals surface area (Å²) in [7, 11) is 0. The van der Waals surface area contributed by atoms with Crippen molar-refractivity contribution in [3.63, 3.8) is 0 Å². The summed E-state index contributed by atoms with van der Waals surface area (Å²) in [5, 5.41) is 6.75. The Morgan fingerprint density at radius 1 is 1.00 bits per heavy atom. The summed E-state index contributed by atoms with van der Waals surface area (Å²) in [5.74, 6) is 0.876. The molecule has 0 saturated heterocycles. The molecule has 0 radical (unpaired) electrons. The van der Waals surface area contributed by atoms with E-state index in [2.05, 4.69) is 25.3 Å². The third-order valence-corrected chi connectivity index (χ3v) is 5.25. The molecule has 2 heterocycles. The zero-order chi connectivity index (χ0) is 18.7. The van der Waals surface area contributed by atoms with Crippen molar-refractivity contribution in [3.8, 4) is 11.3 Å². The van der Waals surface area contributed by atoms with E-state index >= 15 is 0 Å². The molecule has 0 atom stereocenters. The van der Waals surface area contributed by atoms with E-state index < -0.39 is 0 Å². The molecular formula is C16H15Cl3N6S. The summed E-state index contributed by atoms with van der Waals surface area (Å²) in [6.45, 7) is 5.60. The van der Waals surface area contributed by atoms with E-state index in [4.69, 9.17) is 34.8 Å². The van der Waals surface area contributed by atoms with Crippen LogP contribution < -0.4 is 10.2 Å². The van der Waals surface area contributed by atoms with Gasteiger partial charge >= 0.3 is 0 Å². The molecule has 0 bridgehead atoms. The molecule has 0 spiro atoms. The van der Waals surface area contributed by atoms with Gasteiger partial charge in [-0.15, -0.1) is 11.3 Å². The van der Waals surface area contributed by atoms with E-state index in [0.717, 1.165) is 24.3 Å².